The van der Waals surface area contributed by atoms with E-state index in [-0.39, 0.29) is 12.0 Å². The van der Waals surface area contributed by atoms with Crippen LogP contribution in [0.25, 0.3) is 0 Å². The summed E-state index contributed by atoms with van der Waals surface area (Å²) in [5.74, 6) is 0.212. The summed E-state index contributed by atoms with van der Waals surface area (Å²) in [4.78, 5) is 12.9. The van der Waals surface area contributed by atoms with Gasteiger partial charge in [-0.3, -0.25) is 0 Å². The third-order valence-corrected chi connectivity index (χ3v) is 3.25. The molecule has 1 aliphatic rings. The van der Waals surface area contributed by atoms with Gasteiger partial charge in [-0.1, -0.05) is 25.4 Å². The lowest BCUT2D eigenvalue weighted by Gasteiger charge is -2.40. The van der Waals surface area contributed by atoms with Crippen LogP contribution < -0.4 is 0 Å². The number of amides is 1. The molecule has 0 spiro atoms. The van der Waals surface area contributed by atoms with Crippen molar-refractivity contribution in [3.05, 3.63) is 0 Å². The van der Waals surface area contributed by atoms with E-state index >= 15 is 0 Å². The number of carbonyl (C=O) groups is 1. The Bertz CT molecular complexity index is 225. The van der Waals surface area contributed by atoms with E-state index in [2.05, 4.69) is 4.74 Å². The molecule has 1 aliphatic heterocycles. The number of carbonyl (C=O) groups excluding carboxylic acids is 1. The molecule has 0 aromatic carbocycles. The fourth-order valence-electron chi connectivity index (χ4n) is 1.79. The van der Waals surface area contributed by atoms with Crippen LogP contribution in [-0.4, -0.2) is 40.9 Å². The molecule has 0 aromatic rings. The van der Waals surface area contributed by atoms with E-state index < -0.39 is 11.7 Å². The van der Waals surface area contributed by atoms with E-state index in [0.717, 1.165) is 0 Å². The first kappa shape index (κ1) is 12.6. The first-order valence-corrected chi connectivity index (χ1v) is 5.73. The molecule has 1 fully saturated rings. The molecule has 0 radical (unpaired) electrons. The number of piperidine rings is 1. The third-order valence-electron chi connectivity index (χ3n) is 3.14. The molecular weight excluding hydrogens is 218 g/mol. The molecular formula is C10H18ClNO3. The predicted molar refractivity (Wildman–Crippen MR) is 57.8 cm³/mol. The SMILES string of the molecule is CC(C)C1(O)CCN(C(=O)OCCl)CC1. The van der Waals surface area contributed by atoms with E-state index in [1.807, 2.05) is 13.8 Å². The van der Waals surface area contributed by atoms with Gasteiger partial charge in [0, 0.05) is 13.1 Å². The van der Waals surface area contributed by atoms with Crippen LogP contribution in [0.3, 0.4) is 0 Å². The Hall–Kier alpha value is -0.480. The van der Waals surface area contributed by atoms with Crippen molar-refractivity contribution in [3.63, 3.8) is 0 Å². The standard InChI is InChI=1S/C10H18ClNO3/c1-8(2)10(14)3-5-12(6-4-10)9(13)15-7-11/h8,14H,3-7H2,1-2H3. The molecule has 0 unspecified atom stereocenters. The minimum Gasteiger partial charge on any atom is -0.433 e. The smallest absolute Gasteiger partial charge is 0.410 e. The maximum atomic E-state index is 11.3. The molecule has 0 aromatic heterocycles. The van der Waals surface area contributed by atoms with Crippen molar-refractivity contribution in [2.45, 2.75) is 32.3 Å². The minimum absolute atomic E-state index is 0.121. The van der Waals surface area contributed by atoms with Crippen molar-refractivity contribution < 1.29 is 14.6 Å². The molecule has 1 amide bonds. The molecule has 1 N–H and O–H groups in total. The van der Waals surface area contributed by atoms with Gasteiger partial charge >= 0.3 is 6.09 Å². The second kappa shape index (κ2) is 5.03. The average Bonchev–Trinajstić information content (AvgIpc) is 2.19. The molecule has 0 saturated carbocycles. The van der Waals surface area contributed by atoms with Crippen LogP contribution in [0.4, 0.5) is 4.79 Å². The summed E-state index contributed by atoms with van der Waals surface area (Å²) in [7, 11) is 0. The Kier molecular flexibility index (Phi) is 4.22. The highest BCUT2D eigenvalue weighted by Gasteiger charge is 2.36. The predicted octanol–water partition coefficient (Wildman–Crippen LogP) is 1.80. The van der Waals surface area contributed by atoms with Crippen molar-refractivity contribution in [2.24, 2.45) is 5.92 Å². The van der Waals surface area contributed by atoms with Gasteiger partial charge in [-0.2, -0.15) is 0 Å². The maximum Gasteiger partial charge on any atom is 0.410 e. The molecule has 0 aliphatic carbocycles. The number of halogens is 1. The minimum atomic E-state index is -0.641. The fourth-order valence-corrected chi connectivity index (χ4v) is 1.89. The normalized spacial score (nSPS) is 20.5. The van der Waals surface area contributed by atoms with Crippen LogP contribution in [0.2, 0.25) is 0 Å². The number of aliphatic hydroxyl groups is 1. The lowest BCUT2D eigenvalue weighted by molar-refractivity contribution is -0.0533. The number of rotatable bonds is 2. The van der Waals surface area contributed by atoms with Crippen molar-refractivity contribution in [2.75, 3.05) is 19.2 Å². The number of likely N-dealkylation sites (tertiary alicyclic amines) is 1. The van der Waals surface area contributed by atoms with Crippen LogP contribution in [0.5, 0.6) is 0 Å². The molecule has 88 valence electrons. The van der Waals surface area contributed by atoms with E-state index in [0.29, 0.717) is 25.9 Å². The Balaban J connectivity index is 2.45. The molecule has 0 atom stereocenters. The maximum absolute atomic E-state index is 11.3. The summed E-state index contributed by atoms with van der Waals surface area (Å²) in [6, 6.07) is -0.121. The van der Waals surface area contributed by atoms with Crippen LogP contribution >= 0.6 is 11.6 Å². The zero-order valence-corrected chi connectivity index (χ0v) is 9.96. The van der Waals surface area contributed by atoms with Crippen molar-refractivity contribution in [1.82, 2.24) is 4.90 Å². The van der Waals surface area contributed by atoms with Crippen molar-refractivity contribution in [3.8, 4) is 0 Å². The molecule has 4 nitrogen and oxygen atoms in total. The van der Waals surface area contributed by atoms with E-state index in [4.69, 9.17) is 11.6 Å². The fraction of sp³-hybridized carbons (Fsp3) is 0.900. The van der Waals surface area contributed by atoms with Gasteiger partial charge < -0.3 is 14.7 Å². The molecule has 1 saturated heterocycles. The second-order valence-corrected chi connectivity index (χ2v) is 4.48. The summed E-state index contributed by atoms with van der Waals surface area (Å²) in [6.45, 7) is 5.05. The number of nitrogens with zero attached hydrogens (tertiary/aromatic N) is 1. The van der Waals surface area contributed by atoms with Crippen molar-refractivity contribution in [1.29, 1.82) is 0 Å². The van der Waals surface area contributed by atoms with Crippen LogP contribution in [0.1, 0.15) is 26.7 Å². The Labute approximate surface area is 95.2 Å². The quantitative estimate of drug-likeness (QED) is 0.743. The van der Waals surface area contributed by atoms with Gasteiger partial charge in [-0.15, -0.1) is 0 Å². The summed E-state index contributed by atoms with van der Waals surface area (Å²) in [6.07, 6.45) is 0.806. The first-order valence-electron chi connectivity index (χ1n) is 5.19. The van der Waals surface area contributed by atoms with Gasteiger partial charge in [0.2, 0.25) is 0 Å². The summed E-state index contributed by atoms with van der Waals surface area (Å²) in [5, 5.41) is 10.2. The van der Waals surface area contributed by atoms with Gasteiger partial charge in [0.15, 0.2) is 6.07 Å². The lowest BCUT2D eigenvalue weighted by Crippen LogP contribution is -2.49. The van der Waals surface area contributed by atoms with Gasteiger partial charge in [0.1, 0.15) is 0 Å². The van der Waals surface area contributed by atoms with Gasteiger partial charge in [0.25, 0.3) is 0 Å². The van der Waals surface area contributed by atoms with Crippen LogP contribution in [-0.2, 0) is 4.74 Å². The number of alkyl halides is 1. The number of hydrogen-bond donors (Lipinski definition) is 1. The van der Waals surface area contributed by atoms with E-state index in [1.54, 1.807) is 4.90 Å². The Morgan fingerprint density at radius 2 is 2.07 bits per heavy atom. The molecule has 5 heteroatoms. The van der Waals surface area contributed by atoms with E-state index in [9.17, 15) is 9.90 Å². The summed E-state index contributed by atoms with van der Waals surface area (Å²) >= 11 is 5.30. The van der Waals surface area contributed by atoms with Gasteiger partial charge in [-0.25, -0.2) is 4.79 Å². The second-order valence-electron chi connectivity index (χ2n) is 4.26. The largest absolute Gasteiger partial charge is 0.433 e. The summed E-state index contributed by atoms with van der Waals surface area (Å²) in [5.41, 5.74) is -0.641. The number of ether oxygens (including phenoxy) is 1. The third kappa shape index (κ3) is 2.98. The van der Waals surface area contributed by atoms with E-state index in [1.165, 1.54) is 0 Å². The highest BCUT2D eigenvalue weighted by Crippen LogP contribution is 2.29. The highest BCUT2D eigenvalue weighted by molar-refractivity contribution is 6.17. The topological polar surface area (TPSA) is 49.8 Å². The molecule has 1 heterocycles. The average molecular weight is 236 g/mol. The van der Waals surface area contributed by atoms with Crippen molar-refractivity contribution >= 4 is 17.7 Å². The highest BCUT2D eigenvalue weighted by atomic mass is 35.5. The first-order chi connectivity index (χ1) is 6.99. The summed E-state index contributed by atoms with van der Waals surface area (Å²) < 4.78 is 4.68. The molecule has 15 heavy (non-hydrogen) atoms. The number of hydrogen-bond acceptors (Lipinski definition) is 3. The zero-order chi connectivity index (χ0) is 11.5. The van der Waals surface area contributed by atoms with Gasteiger partial charge in [0.05, 0.1) is 5.60 Å². The molecule has 0 bridgehead atoms. The Morgan fingerprint density at radius 1 is 1.53 bits per heavy atom. The zero-order valence-electron chi connectivity index (χ0n) is 9.20. The van der Waals surface area contributed by atoms with Crippen LogP contribution in [0, 0.1) is 5.92 Å². The Morgan fingerprint density at radius 3 is 2.47 bits per heavy atom. The molecule has 1 rings (SSSR count). The van der Waals surface area contributed by atoms with Gasteiger partial charge in [-0.05, 0) is 18.8 Å². The lowest BCUT2D eigenvalue weighted by atomic mass is 9.82. The monoisotopic (exact) mass is 235 g/mol. The van der Waals surface area contributed by atoms with Crippen LogP contribution in [0.15, 0.2) is 0 Å².